The largest absolute Gasteiger partial charge is 0.481 e. The zero-order valence-electron chi connectivity index (χ0n) is 9.97. The van der Waals surface area contributed by atoms with Gasteiger partial charge in [0, 0.05) is 30.4 Å². The van der Waals surface area contributed by atoms with Gasteiger partial charge >= 0.3 is 0 Å². The van der Waals surface area contributed by atoms with Crippen molar-refractivity contribution in [2.45, 2.75) is 32.4 Å². The number of nitrogens with zero attached hydrogens (tertiary/aromatic N) is 3. The zero-order valence-corrected chi connectivity index (χ0v) is 9.97. The second-order valence-corrected chi connectivity index (χ2v) is 4.24. The van der Waals surface area contributed by atoms with E-state index in [9.17, 15) is 0 Å². The highest BCUT2D eigenvalue weighted by Crippen LogP contribution is 2.23. The van der Waals surface area contributed by atoms with Gasteiger partial charge in [-0.25, -0.2) is 4.98 Å². The van der Waals surface area contributed by atoms with Crippen LogP contribution in [0.3, 0.4) is 0 Å². The Kier molecular flexibility index (Phi) is 2.96. The van der Waals surface area contributed by atoms with E-state index in [1.54, 1.807) is 7.11 Å². The second kappa shape index (κ2) is 4.25. The summed E-state index contributed by atoms with van der Waals surface area (Å²) in [6.45, 7) is 4.96. The van der Waals surface area contributed by atoms with E-state index in [1.807, 2.05) is 13.0 Å². The predicted molar refractivity (Wildman–Crippen MR) is 62.7 cm³/mol. The molecule has 2 rings (SSSR count). The molecule has 5 nitrogen and oxygen atoms in total. The smallest absolute Gasteiger partial charge is 0.229 e. The maximum absolute atomic E-state index is 5.99. The summed E-state index contributed by atoms with van der Waals surface area (Å²) in [5, 5.41) is 0. The zero-order chi connectivity index (χ0) is 11.7. The van der Waals surface area contributed by atoms with Crippen LogP contribution in [0.15, 0.2) is 6.07 Å². The first-order chi connectivity index (χ1) is 7.61. The molecule has 1 aromatic heterocycles. The molecule has 1 aliphatic rings. The number of aromatic nitrogens is 2. The summed E-state index contributed by atoms with van der Waals surface area (Å²) in [5.41, 5.74) is 6.90. The van der Waals surface area contributed by atoms with E-state index in [1.165, 1.54) is 0 Å². The van der Waals surface area contributed by atoms with E-state index in [2.05, 4.69) is 21.8 Å². The second-order valence-electron chi connectivity index (χ2n) is 4.24. The molecule has 5 heteroatoms. The molecule has 0 aromatic carbocycles. The number of aryl methyl sites for hydroxylation is 1. The van der Waals surface area contributed by atoms with Crippen molar-refractivity contribution in [1.82, 2.24) is 9.97 Å². The lowest BCUT2D eigenvalue weighted by atomic mass is 10.2. The third kappa shape index (κ3) is 1.95. The molecule has 2 atom stereocenters. The Morgan fingerprint density at radius 3 is 2.81 bits per heavy atom. The molecule has 2 heterocycles. The molecule has 0 radical (unpaired) electrons. The molecular formula is C11H18N4O. The Bertz CT molecular complexity index is 382. The summed E-state index contributed by atoms with van der Waals surface area (Å²) in [6, 6.07) is 2.31. The molecule has 0 saturated carbocycles. The van der Waals surface area contributed by atoms with Crippen molar-refractivity contribution >= 4 is 5.95 Å². The topological polar surface area (TPSA) is 64.3 Å². The molecule has 0 spiro atoms. The molecule has 1 fully saturated rings. The van der Waals surface area contributed by atoms with Crippen LogP contribution in [0.25, 0.3) is 0 Å². The van der Waals surface area contributed by atoms with Crippen LogP contribution in [-0.2, 0) is 0 Å². The van der Waals surface area contributed by atoms with E-state index < -0.39 is 0 Å². The molecule has 1 saturated heterocycles. The van der Waals surface area contributed by atoms with Gasteiger partial charge in [-0.15, -0.1) is 0 Å². The first-order valence-electron chi connectivity index (χ1n) is 5.53. The number of nitrogens with two attached hydrogens (primary N) is 1. The number of hydrogen-bond donors (Lipinski definition) is 1. The van der Waals surface area contributed by atoms with Crippen LogP contribution in [0.1, 0.15) is 19.0 Å². The standard InChI is InChI=1S/C11H18N4O/c1-7-6-10(16-3)14-11(13-7)15-5-4-9(12)8(15)2/h6,8-9H,4-5,12H2,1-3H3. The highest BCUT2D eigenvalue weighted by molar-refractivity contribution is 5.37. The molecule has 0 bridgehead atoms. The number of anilines is 1. The van der Waals surface area contributed by atoms with Crippen LogP contribution in [0.4, 0.5) is 5.95 Å². The Morgan fingerprint density at radius 2 is 2.25 bits per heavy atom. The SMILES string of the molecule is COc1cc(C)nc(N2CCC(N)C2C)n1. The Balaban J connectivity index is 2.30. The van der Waals surface area contributed by atoms with Crippen LogP contribution in [0.2, 0.25) is 0 Å². The van der Waals surface area contributed by atoms with Crippen molar-refractivity contribution in [1.29, 1.82) is 0 Å². The minimum absolute atomic E-state index is 0.204. The lowest BCUT2D eigenvalue weighted by molar-refractivity contribution is 0.396. The summed E-state index contributed by atoms with van der Waals surface area (Å²) >= 11 is 0. The summed E-state index contributed by atoms with van der Waals surface area (Å²) in [7, 11) is 1.62. The fourth-order valence-corrected chi connectivity index (χ4v) is 2.00. The Morgan fingerprint density at radius 1 is 1.50 bits per heavy atom. The van der Waals surface area contributed by atoms with Crippen molar-refractivity contribution < 1.29 is 4.74 Å². The quantitative estimate of drug-likeness (QED) is 0.798. The van der Waals surface area contributed by atoms with E-state index in [4.69, 9.17) is 10.5 Å². The van der Waals surface area contributed by atoms with Crippen molar-refractivity contribution in [3.8, 4) is 5.88 Å². The van der Waals surface area contributed by atoms with Crippen LogP contribution < -0.4 is 15.4 Å². The fourth-order valence-electron chi connectivity index (χ4n) is 2.00. The molecule has 2 N–H and O–H groups in total. The lowest BCUT2D eigenvalue weighted by Gasteiger charge is -2.23. The van der Waals surface area contributed by atoms with Gasteiger partial charge in [0.05, 0.1) is 7.11 Å². The average Bonchev–Trinajstić information content (AvgIpc) is 2.59. The van der Waals surface area contributed by atoms with Gasteiger partial charge in [-0.1, -0.05) is 0 Å². The molecule has 0 amide bonds. The van der Waals surface area contributed by atoms with Gasteiger partial charge in [-0.3, -0.25) is 0 Å². The minimum atomic E-state index is 0.204. The van der Waals surface area contributed by atoms with Gasteiger partial charge in [-0.05, 0) is 20.3 Å². The van der Waals surface area contributed by atoms with Crippen LogP contribution in [0.5, 0.6) is 5.88 Å². The lowest BCUT2D eigenvalue weighted by Crippen LogP contribution is -2.37. The molecule has 1 aromatic rings. The van der Waals surface area contributed by atoms with Crippen molar-refractivity contribution in [2.24, 2.45) is 5.73 Å². The number of hydrogen-bond acceptors (Lipinski definition) is 5. The molecular weight excluding hydrogens is 204 g/mol. The number of ether oxygens (including phenoxy) is 1. The normalized spacial score (nSPS) is 24.9. The van der Waals surface area contributed by atoms with Gasteiger partial charge in [0.25, 0.3) is 0 Å². The molecule has 2 unspecified atom stereocenters. The molecule has 16 heavy (non-hydrogen) atoms. The van der Waals surface area contributed by atoms with Crippen molar-refractivity contribution in [2.75, 3.05) is 18.6 Å². The summed E-state index contributed by atoms with van der Waals surface area (Å²) in [4.78, 5) is 10.9. The molecule has 88 valence electrons. The first-order valence-corrected chi connectivity index (χ1v) is 5.53. The molecule has 1 aliphatic heterocycles. The fraction of sp³-hybridized carbons (Fsp3) is 0.636. The third-order valence-corrected chi connectivity index (χ3v) is 3.10. The highest BCUT2D eigenvalue weighted by Gasteiger charge is 2.29. The number of methoxy groups -OCH3 is 1. The van der Waals surface area contributed by atoms with E-state index in [0.717, 1.165) is 24.6 Å². The third-order valence-electron chi connectivity index (χ3n) is 3.10. The Hall–Kier alpha value is -1.36. The van der Waals surface area contributed by atoms with Gasteiger partial charge in [0.15, 0.2) is 0 Å². The highest BCUT2D eigenvalue weighted by atomic mass is 16.5. The monoisotopic (exact) mass is 222 g/mol. The number of rotatable bonds is 2. The maximum atomic E-state index is 5.99. The first kappa shape index (κ1) is 11.1. The average molecular weight is 222 g/mol. The van der Waals surface area contributed by atoms with E-state index in [0.29, 0.717) is 5.88 Å². The van der Waals surface area contributed by atoms with Crippen molar-refractivity contribution in [3.05, 3.63) is 11.8 Å². The van der Waals surface area contributed by atoms with Crippen molar-refractivity contribution in [3.63, 3.8) is 0 Å². The van der Waals surface area contributed by atoms with E-state index in [-0.39, 0.29) is 12.1 Å². The summed E-state index contributed by atoms with van der Waals surface area (Å²) in [5.74, 6) is 1.33. The summed E-state index contributed by atoms with van der Waals surface area (Å²) in [6.07, 6.45) is 0.987. The minimum Gasteiger partial charge on any atom is -0.481 e. The molecule has 0 aliphatic carbocycles. The van der Waals surface area contributed by atoms with Gasteiger partial charge in [0.1, 0.15) is 0 Å². The van der Waals surface area contributed by atoms with Crippen LogP contribution >= 0.6 is 0 Å². The van der Waals surface area contributed by atoms with Gasteiger partial charge < -0.3 is 15.4 Å². The van der Waals surface area contributed by atoms with Gasteiger partial charge in [0.2, 0.25) is 11.8 Å². The van der Waals surface area contributed by atoms with Gasteiger partial charge in [-0.2, -0.15) is 4.98 Å². The summed E-state index contributed by atoms with van der Waals surface area (Å²) < 4.78 is 5.15. The van der Waals surface area contributed by atoms with Crippen LogP contribution in [0, 0.1) is 6.92 Å². The predicted octanol–water partition coefficient (Wildman–Crippen LogP) is 0.720. The van der Waals surface area contributed by atoms with Crippen LogP contribution in [-0.4, -0.2) is 35.7 Å². The Labute approximate surface area is 95.6 Å². The maximum Gasteiger partial charge on any atom is 0.229 e. The van der Waals surface area contributed by atoms with E-state index >= 15 is 0 Å².